The number of hydrogen-bond acceptors (Lipinski definition) is 6. The molecule has 0 aliphatic heterocycles. The van der Waals surface area contributed by atoms with E-state index in [-0.39, 0.29) is 41.3 Å². The zero-order valence-electron chi connectivity index (χ0n) is 13.0. The maximum Gasteiger partial charge on any atom is 0.343 e. The second-order valence-electron chi connectivity index (χ2n) is 5.22. The number of carbonyl (C=O) groups excluding carboxylic acids is 1. The number of rotatable bonds is 5. The highest BCUT2D eigenvalue weighted by Gasteiger charge is 2.14. The zero-order valence-corrected chi connectivity index (χ0v) is 13.0. The van der Waals surface area contributed by atoms with Crippen molar-refractivity contribution in [2.24, 2.45) is 0 Å². The van der Waals surface area contributed by atoms with Gasteiger partial charge < -0.3 is 19.4 Å². The van der Waals surface area contributed by atoms with Crippen molar-refractivity contribution in [3.8, 4) is 11.5 Å². The van der Waals surface area contributed by atoms with Crippen molar-refractivity contribution in [3.63, 3.8) is 0 Å². The predicted molar refractivity (Wildman–Crippen MR) is 91.6 cm³/mol. The first-order valence-electron chi connectivity index (χ1n) is 7.44. The molecule has 3 aromatic rings. The summed E-state index contributed by atoms with van der Waals surface area (Å²) < 4.78 is 9.98. The maximum atomic E-state index is 12.1. The van der Waals surface area contributed by atoms with Gasteiger partial charge in [-0.15, -0.1) is 0 Å². The van der Waals surface area contributed by atoms with Gasteiger partial charge in [0.15, 0.2) is 0 Å². The van der Waals surface area contributed by atoms with Gasteiger partial charge >= 0.3 is 5.63 Å². The van der Waals surface area contributed by atoms with Crippen LogP contribution in [0.3, 0.4) is 0 Å². The summed E-state index contributed by atoms with van der Waals surface area (Å²) in [6.07, 6.45) is 1.29. The molecule has 0 amide bonds. The van der Waals surface area contributed by atoms with Gasteiger partial charge in [-0.05, 0) is 30.3 Å². The lowest BCUT2D eigenvalue weighted by molar-refractivity contribution is -0.120. The second kappa shape index (κ2) is 6.92. The standard InChI is InChI=1S/C19H14O6/c20-11-24-16-7-3-1-5-12(16)15(21)10-9-14-18(22)13-6-2-4-8-17(13)25-19(14)23/h1-8,10-11,21-22H,9H2/b15-10-. The average molecular weight is 338 g/mol. The molecule has 2 N–H and O–H groups in total. The number of para-hydroxylation sites is 2. The molecule has 6 heteroatoms. The van der Waals surface area contributed by atoms with E-state index in [4.69, 9.17) is 9.15 Å². The highest BCUT2D eigenvalue weighted by Crippen LogP contribution is 2.28. The van der Waals surface area contributed by atoms with E-state index in [9.17, 15) is 19.8 Å². The van der Waals surface area contributed by atoms with Gasteiger partial charge in [-0.1, -0.05) is 24.3 Å². The summed E-state index contributed by atoms with van der Waals surface area (Å²) in [5, 5.41) is 21.0. The summed E-state index contributed by atoms with van der Waals surface area (Å²) in [6.45, 7) is 0.260. The molecule has 3 rings (SSSR count). The molecule has 126 valence electrons. The quantitative estimate of drug-likeness (QED) is 0.421. The SMILES string of the molecule is O=COc1ccccc1/C(O)=C/Cc1c(O)c2ccccc2oc1=O. The first-order chi connectivity index (χ1) is 12.1. The van der Waals surface area contributed by atoms with E-state index in [1.54, 1.807) is 42.5 Å². The van der Waals surface area contributed by atoms with E-state index >= 15 is 0 Å². The molecule has 0 unspecified atom stereocenters. The van der Waals surface area contributed by atoms with Crippen molar-refractivity contribution in [2.75, 3.05) is 0 Å². The number of fused-ring (bicyclic) bond motifs is 1. The minimum absolute atomic E-state index is 0.0269. The van der Waals surface area contributed by atoms with Gasteiger partial charge in [-0.25, -0.2) is 4.79 Å². The Morgan fingerprint density at radius 2 is 1.84 bits per heavy atom. The zero-order chi connectivity index (χ0) is 17.8. The molecule has 0 radical (unpaired) electrons. The van der Waals surface area contributed by atoms with E-state index in [2.05, 4.69) is 0 Å². The Hall–Kier alpha value is -3.54. The number of aromatic hydroxyl groups is 1. The average Bonchev–Trinajstić information content (AvgIpc) is 2.62. The molecule has 0 saturated heterocycles. The van der Waals surface area contributed by atoms with Crippen LogP contribution in [0.2, 0.25) is 0 Å². The molecule has 0 aliphatic rings. The number of carbonyl (C=O) groups is 1. The smallest absolute Gasteiger partial charge is 0.343 e. The number of benzene rings is 2. The number of aliphatic hydroxyl groups is 1. The van der Waals surface area contributed by atoms with Gasteiger partial charge in [0.2, 0.25) is 0 Å². The third-order valence-corrected chi connectivity index (χ3v) is 3.71. The van der Waals surface area contributed by atoms with Crippen LogP contribution in [0.5, 0.6) is 11.5 Å². The Labute approximate surface area is 142 Å². The number of ether oxygens (including phenoxy) is 1. The van der Waals surface area contributed by atoms with Crippen LogP contribution in [-0.2, 0) is 11.2 Å². The normalized spacial score (nSPS) is 11.4. The summed E-state index contributed by atoms with van der Waals surface area (Å²) in [7, 11) is 0. The minimum Gasteiger partial charge on any atom is -0.508 e. The minimum atomic E-state index is -0.683. The lowest BCUT2D eigenvalue weighted by Crippen LogP contribution is -2.07. The number of allylic oxidation sites excluding steroid dienone is 1. The summed E-state index contributed by atoms with van der Waals surface area (Å²) in [6, 6.07) is 13.0. The highest BCUT2D eigenvalue weighted by atomic mass is 16.5. The van der Waals surface area contributed by atoms with Crippen molar-refractivity contribution in [1.29, 1.82) is 0 Å². The largest absolute Gasteiger partial charge is 0.508 e. The van der Waals surface area contributed by atoms with Crippen LogP contribution >= 0.6 is 0 Å². The summed E-state index contributed by atoms with van der Waals surface area (Å²) >= 11 is 0. The van der Waals surface area contributed by atoms with Crippen molar-refractivity contribution in [3.05, 3.63) is 76.2 Å². The Balaban J connectivity index is 1.98. The van der Waals surface area contributed by atoms with E-state index in [0.717, 1.165) is 0 Å². The highest BCUT2D eigenvalue weighted by molar-refractivity contribution is 5.84. The number of aliphatic hydroxyl groups excluding tert-OH is 1. The Bertz CT molecular complexity index is 1020. The molecule has 1 aromatic heterocycles. The van der Waals surface area contributed by atoms with E-state index in [1.165, 1.54) is 12.1 Å². The molecule has 2 aromatic carbocycles. The fourth-order valence-corrected chi connectivity index (χ4v) is 2.49. The van der Waals surface area contributed by atoms with Gasteiger partial charge in [-0.3, -0.25) is 4.79 Å². The predicted octanol–water partition coefficient (Wildman–Crippen LogP) is 3.18. The van der Waals surface area contributed by atoms with Crippen LogP contribution in [-0.4, -0.2) is 16.7 Å². The Morgan fingerprint density at radius 3 is 2.64 bits per heavy atom. The van der Waals surface area contributed by atoms with Crippen LogP contribution in [0.4, 0.5) is 0 Å². The molecule has 6 nitrogen and oxygen atoms in total. The molecule has 0 aliphatic carbocycles. The van der Waals surface area contributed by atoms with Crippen LogP contribution in [0.15, 0.2) is 63.8 Å². The molecule has 25 heavy (non-hydrogen) atoms. The second-order valence-corrected chi connectivity index (χ2v) is 5.22. The third kappa shape index (κ3) is 3.23. The van der Waals surface area contributed by atoms with Crippen LogP contribution in [0.25, 0.3) is 16.7 Å². The molecule has 0 saturated carbocycles. The maximum absolute atomic E-state index is 12.1. The molecule has 0 spiro atoms. The fraction of sp³-hybridized carbons (Fsp3) is 0.0526. The van der Waals surface area contributed by atoms with E-state index < -0.39 is 5.63 Å². The van der Waals surface area contributed by atoms with Gasteiger partial charge in [0.25, 0.3) is 6.47 Å². The first kappa shape index (κ1) is 16.3. The molecule has 0 fully saturated rings. The van der Waals surface area contributed by atoms with Crippen LogP contribution in [0, 0.1) is 0 Å². The fourth-order valence-electron chi connectivity index (χ4n) is 2.49. The molecule has 0 atom stereocenters. The van der Waals surface area contributed by atoms with Crippen molar-refractivity contribution < 1.29 is 24.2 Å². The molecular formula is C19H14O6. The molecule has 0 bridgehead atoms. The van der Waals surface area contributed by atoms with E-state index in [1.807, 2.05) is 0 Å². The lowest BCUT2D eigenvalue weighted by atomic mass is 10.1. The summed E-state index contributed by atoms with van der Waals surface area (Å²) in [5.74, 6) is -0.196. The van der Waals surface area contributed by atoms with Crippen LogP contribution < -0.4 is 10.4 Å². The topological polar surface area (TPSA) is 97.0 Å². The van der Waals surface area contributed by atoms with Gasteiger partial charge in [0, 0.05) is 6.42 Å². The van der Waals surface area contributed by atoms with Gasteiger partial charge in [-0.2, -0.15) is 0 Å². The van der Waals surface area contributed by atoms with Gasteiger partial charge in [0.1, 0.15) is 22.8 Å². The van der Waals surface area contributed by atoms with Crippen molar-refractivity contribution in [1.82, 2.24) is 0 Å². The van der Waals surface area contributed by atoms with Crippen LogP contribution in [0.1, 0.15) is 11.1 Å². The Morgan fingerprint density at radius 1 is 1.12 bits per heavy atom. The summed E-state index contributed by atoms with van der Waals surface area (Å²) in [4.78, 5) is 22.6. The van der Waals surface area contributed by atoms with Crippen molar-refractivity contribution in [2.45, 2.75) is 6.42 Å². The summed E-state index contributed by atoms with van der Waals surface area (Å²) in [5.41, 5.74) is -0.0809. The lowest BCUT2D eigenvalue weighted by Gasteiger charge is -2.07. The Kier molecular flexibility index (Phi) is 4.52. The van der Waals surface area contributed by atoms with Crippen molar-refractivity contribution >= 4 is 23.2 Å². The monoisotopic (exact) mass is 338 g/mol. The van der Waals surface area contributed by atoms with E-state index in [0.29, 0.717) is 10.9 Å². The third-order valence-electron chi connectivity index (χ3n) is 3.71. The number of hydrogen-bond donors (Lipinski definition) is 2. The first-order valence-corrected chi connectivity index (χ1v) is 7.44. The van der Waals surface area contributed by atoms with Gasteiger partial charge in [0.05, 0.1) is 16.5 Å². The molecular weight excluding hydrogens is 324 g/mol. The molecule has 1 heterocycles.